The molecule has 0 N–H and O–H groups in total. The van der Waals surface area contributed by atoms with Gasteiger partial charge in [0, 0.05) is 46.5 Å². The number of pyridine rings is 1. The monoisotopic (exact) mass is 289 g/mol. The Labute approximate surface area is 126 Å². The van der Waals surface area contributed by atoms with Gasteiger partial charge in [-0.05, 0) is 36.8 Å². The molecule has 0 radical (unpaired) electrons. The number of likely N-dealkylation sites (tertiary alicyclic amines) is 1. The Hall–Kier alpha value is -1.91. The predicted molar refractivity (Wildman–Crippen MR) is 80.9 cm³/mol. The Kier molecular flexibility index (Phi) is 4.94. The molecular weight excluding hydrogens is 266 g/mol. The van der Waals surface area contributed by atoms with Crippen molar-refractivity contribution < 1.29 is 9.59 Å². The van der Waals surface area contributed by atoms with Crippen LogP contribution in [-0.2, 0) is 11.2 Å². The van der Waals surface area contributed by atoms with Gasteiger partial charge in [0.25, 0.3) is 5.91 Å². The SMILES string of the molecule is CC(=O)N1CCC[C@@H](Cc2cncc(C(=O)N(C)C)c2)C1. The normalized spacial score (nSPS) is 18.4. The van der Waals surface area contributed by atoms with Crippen LogP contribution in [0.3, 0.4) is 0 Å². The number of hydrogen-bond acceptors (Lipinski definition) is 3. The Morgan fingerprint density at radius 1 is 1.38 bits per heavy atom. The summed E-state index contributed by atoms with van der Waals surface area (Å²) >= 11 is 0. The minimum absolute atomic E-state index is 0.0293. The first-order valence-corrected chi connectivity index (χ1v) is 7.38. The largest absolute Gasteiger partial charge is 0.345 e. The molecular formula is C16H23N3O2. The van der Waals surface area contributed by atoms with E-state index in [2.05, 4.69) is 4.98 Å². The van der Waals surface area contributed by atoms with Crippen molar-refractivity contribution in [3.05, 3.63) is 29.6 Å². The molecule has 1 aromatic heterocycles. The van der Waals surface area contributed by atoms with Gasteiger partial charge in [0.1, 0.15) is 0 Å². The molecule has 1 aliphatic heterocycles. The Morgan fingerprint density at radius 2 is 2.14 bits per heavy atom. The summed E-state index contributed by atoms with van der Waals surface area (Å²) in [5.41, 5.74) is 1.69. The van der Waals surface area contributed by atoms with E-state index < -0.39 is 0 Å². The molecule has 0 aromatic carbocycles. The van der Waals surface area contributed by atoms with Crippen molar-refractivity contribution in [2.45, 2.75) is 26.2 Å². The van der Waals surface area contributed by atoms with Crippen LogP contribution in [0.1, 0.15) is 35.7 Å². The third-order valence-electron chi connectivity index (χ3n) is 3.94. The molecule has 5 heteroatoms. The second kappa shape index (κ2) is 6.70. The van der Waals surface area contributed by atoms with Gasteiger partial charge in [-0.1, -0.05) is 0 Å². The molecule has 0 bridgehead atoms. The lowest BCUT2D eigenvalue weighted by Crippen LogP contribution is -2.39. The highest BCUT2D eigenvalue weighted by molar-refractivity contribution is 5.93. The predicted octanol–water partition coefficient (Wildman–Crippen LogP) is 1.58. The van der Waals surface area contributed by atoms with Crippen molar-refractivity contribution in [3.8, 4) is 0 Å². The maximum Gasteiger partial charge on any atom is 0.254 e. The fourth-order valence-corrected chi connectivity index (χ4v) is 2.83. The molecule has 1 aliphatic rings. The minimum Gasteiger partial charge on any atom is -0.345 e. The molecule has 5 nitrogen and oxygen atoms in total. The van der Waals surface area contributed by atoms with Gasteiger partial charge in [0.05, 0.1) is 5.56 Å². The standard InChI is InChI=1S/C16H23N3O2/c1-12(20)19-6-4-5-13(11-19)7-14-8-15(10-17-9-14)16(21)18(2)3/h8-10,13H,4-7,11H2,1-3H3/t13-/m0/s1. The van der Waals surface area contributed by atoms with Crippen molar-refractivity contribution >= 4 is 11.8 Å². The molecule has 1 saturated heterocycles. The molecule has 1 aromatic rings. The van der Waals surface area contributed by atoms with Gasteiger partial charge in [0.2, 0.25) is 5.91 Å². The van der Waals surface area contributed by atoms with Crippen LogP contribution in [0.25, 0.3) is 0 Å². The molecule has 0 aliphatic carbocycles. The van der Waals surface area contributed by atoms with E-state index in [1.807, 2.05) is 17.2 Å². The van der Waals surface area contributed by atoms with Crippen LogP contribution in [0, 0.1) is 5.92 Å². The minimum atomic E-state index is -0.0293. The summed E-state index contributed by atoms with van der Waals surface area (Å²) < 4.78 is 0. The van der Waals surface area contributed by atoms with Gasteiger partial charge in [-0.15, -0.1) is 0 Å². The van der Waals surface area contributed by atoms with Crippen LogP contribution in [0.4, 0.5) is 0 Å². The van der Waals surface area contributed by atoms with E-state index in [4.69, 9.17) is 0 Å². The molecule has 2 amide bonds. The molecule has 0 spiro atoms. The average Bonchev–Trinajstić information content (AvgIpc) is 2.47. The number of aromatic nitrogens is 1. The topological polar surface area (TPSA) is 53.5 Å². The zero-order valence-electron chi connectivity index (χ0n) is 13.0. The van der Waals surface area contributed by atoms with E-state index in [-0.39, 0.29) is 11.8 Å². The van der Waals surface area contributed by atoms with Crippen molar-refractivity contribution in [2.24, 2.45) is 5.92 Å². The second-order valence-corrected chi connectivity index (χ2v) is 5.96. The fourth-order valence-electron chi connectivity index (χ4n) is 2.83. The fraction of sp³-hybridized carbons (Fsp3) is 0.562. The van der Waals surface area contributed by atoms with E-state index in [1.165, 1.54) is 0 Å². The third kappa shape index (κ3) is 4.03. The number of carbonyl (C=O) groups excluding carboxylic acids is 2. The summed E-state index contributed by atoms with van der Waals surface area (Å²) in [6.07, 6.45) is 6.46. The lowest BCUT2D eigenvalue weighted by atomic mass is 9.91. The number of hydrogen-bond donors (Lipinski definition) is 0. The molecule has 2 heterocycles. The summed E-state index contributed by atoms with van der Waals surface area (Å²) in [5, 5.41) is 0. The maximum atomic E-state index is 12.0. The molecule has 1 fully saturated rings. The Bertz CT molecular complexity index is 528. The average molecular weight is 289 g/mol. The summed E-state index contributed by atoms with van der Waals surface area (Å²) in [6, 6.07) is 1.92. The molecule has 0 unspecified atom stereocenters. The summed E-state index contributed by atoms with van der Waals surface area (Å²) in [4.78, 5) is 31.1. The summed E-state index contributed by atoms with van der Waals surface area (Å²) in [6.45, 7) is 3.30. The zero-order valence-corrected chi connectivity index (χ0v) is 13.0. The van der Waals surface area contributed by atoms with Gasteiger partial charge >= 0.3 is 0 Å². The molecule has 114 valence electrons. The maximum absolute atomic E-state index is 12.0. The first-order chi connectivity index (χ1) is 9.97. The van der Waals surface area contributed by atoms with Crippen LogP contribution in [0.15, 0.2) is 18.5 Å². The van der Waals surface area contributed by atoms with Gasteiger partial charge in [-0.3, -0.25) is 14.6 Å². The highest BCUT2D eigenvalue weighted by atomic mass is 16.2. The molecule has 0 saturated carbocycles. The summed E-state index contributed by atoms with van der Waals surface area (Å²) in [7, 11) is 3.47. The summed E-state index contributed by atoms with van der Waals surface area (Å²) in [5.74, 6) is 0.571. The van der Waals surface area contributed by atoms with Crippen molar-refractivity contribution in [1.82, 2.24) is 14.8 Å². The smallest absolute Gasteiger partial charge is 0.254 e. The molecule has 21 heavy (non-hydrogen) atoms. The van der Waals surface area contributed by atoms with E-state index in [0.717, 1.165) is 37.9 Å². The quantitative estimate of drug-likeness (QED) is 0.849. The van der Waals surface area contributed by atoms with Crippen molar-refractivity contribution in [3.63, 3.8) is 0 Å². The van der Waals surface area contributed by atoms with Gasteiger partial charge in [-0.25, -0.2) is 0 Å². The van der Waals surface area contributed by atoms with E-state index >= 15 is 0 Å². The van der Waals surface area contributed by atoms with Crippen LogP contribution in [0.5, 0.6) is 0 Å². The van der Waals surface area contributed by atoms with E-state index in [1.54, 1.807) is 32.1 Å². The first-order valence-electron chi connectivity index (χ1n) is 7.38. The lowest BCUT2D eigenvalue weighted by Gasteiger charge is -2.32. The van der Waals surface area contributed by atoms with Crippen molar-refractivity contribution in [2.75, 3.05) is 27.2 Å². The highest BCUT2D eigenvalue weighted by Gasteiger charge is 2.22. The van der Waals surface area contributed by atoms with Crippen LogP contribution < -0.4 is 0 Å². The second-order valence-electron chi connectivity index (χ2n) is 5.96. The van der Waals surface area contributed by atoms with Crippen molar-refractivity contribution in [1.29, 1.82) is 0 Å². The van der Waals surface area contributed by atoms with E-state index in [9.17, 15) is 9.59 Å². The van der Waals surface area contributed by atoms with Gasteiger partial charge in [0.15, 0.2) is 0 Å². The lowest BCUT2D eigenvalue weighted by molar-refractivity contribution is -0.130. The van der Waals surface area contributed by atoms with Crippen LogP contribution in [-0.4, -0.2) is 53.8 Å². The highest BCUT2D eigenvalue weighted by Crippen LogP contribution is 2.21. The number of piperidine rings is 1. The molecule has 1 atom stereocenters. The van der Waals surface area contributed by atoms with Crippen LogP contribution in [0.2, 0.25) is 0 Å². The first kappa shape index (κ1) is 15.5. The van der Waals surface area contributed by atoms with Gasteiger partial charge in [-0.2, -0.15) is 0 Å². The van der Waals surface area contributed by atoms with Crippen LogP contribution >= 0.6 is 0 Å². The number of amides is 2. The van der Waals surface area contributed by atoms with E-state index in [0.29, 0.717) is 11.5 Å². The Morgan fingerprint density at radius 3 is 2.81 bits per heavy atom. The van der Waals surface area contributed by atoms with Gasteiger partial charge < -0.3 is 9.80 Å². The Balaban J connectivity index is 2.04. The third-order valence-corrected chi connectivity index (χ3v) is 3.94. The number of carbonyl (C=O) groups is 2. The number of nitrogens with zero attached hydrogens (tertiary/aromatic N) is 3. The molecule has 2 rings (SSSR count). The number of rotatable bonds is 3. The zero-order chi connectivity index (χ0) is 15.4.